The largest absolute Gasteiger partial charge is 0.309 e. The second-order valence-corrected chi connectivity index (χ2v) is 15.7. The molecular formula is C57H37N5. The number of hydrogen-bond acceptors (Lipinski definition) is 3. The van der Waals surface area contributed by atoms with Gasteiger partial charge in [-0.05, 0) is 53.4 Å². The third-order valence-corrected chi connectivity index (χ3v) is 11.9. The molecule has 8 aromatic carbocycles. The van der Waals surface area contributed by atoms with Crippen molar-refractivity contribution in [3.05, 3.63) is 224 Å². The van der Waals surface area contributed by atoms with Gasteiger partial charge in [-0.3, -0.25) is 0 Å². The van der Waals surface area contributed by atoms with E-state index in [0.717, 1.165) is 83.7 Å². The van der Waals surface area contributed by atoms with Crippen LogP contribution in [0, 0.1) is 0 Å². The number of nitrogens with zero attached hydrogens (tertiary/aromatic N) is 5. The van der Waals surface area contributed by atoms with Crippen LogP contribution in [0.15, 0.2) is 224 Å². The summed E-state index contributed by atoms with van der Waals surface area (Å²) in [6, 6.07) is 79.0. The second-order valence-electron chi connectivity index (χ2n) is 15.7. The SMILES string of the molecule is c1ccc(-c2cc(-c3cccc(-n4c5ccccc5c5ccccc54)c3)nc(-c3ccc4cc(-c5ccccc5)n5nc(-c6ccccc6)c(-c6ccccc6)c5c4c3)n2)cc1. The molecule has 0 aliphatic carbocycles. The van der Waals surface area contributed by atoms with E-state index < -0.39 is 0 Å². The van der Waals surface area contributed by atoms with Gasteiger partial charge in [0.25, 0.3) is 0 Å². The molecule has 0 saturated heterocycles. The van der Waals surface area contributed by atoms with Crippen LogP contribution in [0.25, 0.3) is 111 Å². The quantitative estimate of drug-likeness (QED) is 0.162. The molecule has 0 aliphatic rings. The predicted octanol–water partition coefficient (Wildman–Crippen LogP) is 14.4. The third-order valence-electron chi connectivity index (χ3n) is 11.9. The van der Waals surface area contributed by atoms with Crippen molar-refractivity contribution in [1.82, 2.24) is 24.1 Å². The third kappa shape index (κ3) is 5.98. The van der Waals surface area contributed by atoms with Crippen molar-refractivity contribution in [2.24, 2.45) is 0 Å². The summed E-state index contributed by atoms with van der Waals surface area (Å²) >= 11 is 0. The first kappa shape index (κ1) is 35.5. The Morgan fingerprint density at radius 2 is 0.903 bits per heavy atom. The van der Waals surface area contributed by atoms with E-state index in [1.807, 2.05) is 6.07 Å². The van der Waals surface area contributed by atoms with E-state index in [-0.39, 0.29) is 0 Å². The van der Waals surface area contributed by atoms with Crippen LogP contribution < -0.4 is 0 Å². The monoisotopic (exact) mass is 791 g/mol. The molecule has 0 atom stereocenters. The lowest BCUT2D eigenvalue weighted by Crippen LogP contribution is -1.99. The van der Waals surface area contributed by atoms with Gasteiger partial charge in [0.2, 0.25) is 0 Å². The normalized spacial score (nSPS) is 11.5. The van der Waals surface area contributed by atoms with E-state index in [0.29, 0.717) is 5.82 Å². The summed E-state index contributed by atoms with van der Waals surface area (Å²) in [6.07, 6.45) is 0. The summed E-state index contributed by atoms with van der Waals surface area (Å²) in [6.45, 7) is 0. The molecule has 5 heteroatoms. The van der Waals surface area contributed by atoms with Crippen molar-refractivity contribution < 1.29 is 0 Å². The molecule has 0 amide bonds. The van der Waals surface area contributed by atoms with Gasteiger partial charge in [0.1, 0.15) is 5.69 Å². The predicted molar refractivity (Wildman–Crippen MR) is 255 cm³/mol. The Morgan fingerprint density at radius 1 is 0.355 bits per heavy atom. The Bertz CT molecular complexity index is 3560. The van der Waals surface area contributed by atoms with Gasteiger partial charge in [0, 0.05) is 55.2 Å². The van der Waals surface area contributed by atoms with E-state index in [9.17, 15) is 0 Å². The van der Waals surface area contributed by atoms with Crippen LogP contribution in [-0.4, -0.2) is 24.1 Å². The molecule has 0 radical (unpaired) electrons. The molecule has 290 valence electrons. The van der Waals surface area contributed by atoms with Gasteiger partial charge in [-0.1, -0.05) is 182 Å². The number of benzene rings is 8. The minimum absolute atomic E-state index is 0.653. The molecule has 12 aromatic rings. The van der Waals surface area contributed by atoms with Crippen LogP contribution >= 0.6 is 0 Å². The fraction of sp³-hybridized carbons (Fsp3) is 0. The standard InChI is InChI=1S/C57H37N5/c1-5-18-38(19-6-1)49-37-50(43-26-17-27-45(34-43)61-51-30-15-13-28-46(51)47-29-14-16-31-52(47)61)59-57(58-49)44-33-32-42-36-53(39-20-7-2-8-21-39)62-56(48(42)35-44)54(40-22-9-3-10-23-40)55(60-62)41-24-11-4-12-25-41/h1-37H. The average molecular weight is 792 g/mol. The van der Waals surface area contributed by atoms with E-state index in [4.69, 9.17) is 15.1 Å². The van der Waals surface area contributed by atoms with Gasteiger partial charge >= 0.3 is 0 Å². The lowest BCUT2D eigenvalue weighted by Gasteiger charge is -2.14. The molecule has 0 bridgehead atoms. The van der Waals surface area contributed by atoms with Gasteiger partial charge in [-0.2, -0.15) is 5.10 Å². The van der Waals surface area contributed by atoms with E-state index in [1.54, 1.807) is 0 Å². The summed E-state index contributed by atoms with van der Waals surface area (Å²) in [5.41, 5.74) is 15.4. The summed E-state index contributed by atoms with van der Waals surface area (Å²) < 4.78 is 4.49. The fourth-order valence-corrected chi connectivity index (χ4v) is 9.05. The Morgan fingerprint density at radius 3 is 1.56 bits per heavy atom. The Balaban J connectivity index is 1.10. The minimum Gasteiger partial charge on any atom is -0.309 e. The molecule has 0 aliphatic heterocycles. The molecule has 5 nitrogen and oxygen atoms in total. The highest BCUT2D eigenvalue weighted by Crippen LogP contribution is 2.42. The maximum atomic E-state index is 5.45. The molecule has 0 N–H and O–H groups in total. The van der Waals surface area contributed by atoms with Gasteiger partial charge in [0.15, 0.2) is 5.82 Å². The summed E-state index contributed by atoms with van der Waals surface area (Å²) in [7, 11) is 0. The molecular weight excluding hydrogens is 755 g/mol. The number of fused-ring (bicyclic) bond motifs is 6. The summed E-state index contributed by atoms with van der Waals surface area (Å²) in [5, 5.41) is 10.1. The van der Waals surface area contributed by atoms with Crippen LogP contribution in [0.1, 0.15) is 0 Å². The van der Waals surface area contributed by atoms with Gasteiger partial charge in [0.05, 0.1) is 33.6 Å². The fourth-order valence-electron chi connectivity index (χ4n) is 9.05. The number of hydrogen-bond donors (Lipinski definition) is 0. The van der Waals surface area contributed by atoms with Crippen molar-refractivity contribution in [2.75, 3.05) is 0 Å². The zero-order valence-corrected chi connectivity index (χ0v) is 33.6. The van der Waals surface area contributed by atoms with Crippen molar-refractivity contribution in [3.8, 4) is 73.2 Å². The lowest BCUT2D eigenvalue weighted by atomic mass is 9.96. The molecule has 0 unspecified atom stereocenters. The number of aromatic nitrogens is 5. The summed E-state index contributed by atoms with van der Waals surface area (Å²) in [4.78, 5) is 10.7. The Kier molecular flexibility index (Phi) is 8.42. The first-order valence-corrected chi connectivity index (χ1v) is 20.9. The highest BCUT2D eigenvalue weighted by molar-refractivity contribution is 6.10. The maximum absolute atomic E-state index is 5.45. The van der Waals surface area contributed by atoms with E-state index in [2.05, 4.69) is 227 Å². The summed E-state index contributed by atoms with van der Waals surface area (Å²) in [5.74, 6) is 0.653. The molecule has 0 saturated carbocycles. The van der Waals surface area contributed by atoms with Gasteiger partial charge in [-0.15, -0.1) is 0 Å². The van der Waals surface area contributed by atoms with Crippen molar-refractivity contribution in [3.63, 3.8) is 0 Å². The van der Waals surface area contributed by atoms with Crippen LogP contribution in [-0.2, 0) is 0 Å². The minimum atomic E-state index is 0.653. The van der Waals surface area contributed by atoms with E-state index >= 15 is 0 Å². The number of pyridine rings is 1. The number of para-hydroxylation sites is 2. The van der Waals surface area contributed by atoms with Crippen molar-refractivity contribution in [2.45, 2.75) is 0 Å². The van der Waals surface area contributed by atoms with Crippen LogP contribution in [0.3, 0.4) is 0 Å². The van der Waals surface area contributed by atoms with E-state index in [1.165, 1.54) is 21.8 Å². The average Bonchev–Trinajstić information content (AvgIpc) is 3.92. The highest BCUT2D eigenvalue weighted by atomic mass is 15.2. The van der Waals surface area contributed by atoms with Crippen LogP contribution in [0.4, 0.5) is 0 Å². The van der Waals surface area contributed by atoms with Crippen molar-refractivity contribution >= 4 is 38.1 Å². The van der Waals surface area contributed by atoms with Crippen LogP contribution in [0.2, 0.25) is 0 Å². The Hall–Kier alpha value is -8.41. The molecule has 4 heterocycles. The van der Waals surface area contributed by atoms with Gasteiger partial charge < -0.3 is 4.57 Å². The molecule has 62 heavy (non-hydrogen) atoms. The van der Waals surface area contributed by atoms with Gasteiger partial charge in [-0.25, -0.2) is 14.5 Å². The topological polar surface area (TPSA) is 48.0 Å². The molecule has 0 fully saturated rings. The Labute approximate surface area is 358 Å². The first-order valence-electron chi connectivity index (χ1n) is 20.9. The zero-order valence-electron chi connectivity index (χ0n) is 33.6. The maximum Gasteiger partial charge on any atom is 0.160 e. The van der Waals surface area contributed by atoms with Crippen LogP contribution in [0.5, 0.6) is 0 Å². The van der Waals surface area contributed by atoms with Crippen molar-refractivity contribution in [1.29, 1.82) is 0 Å². The molecule has 0 spiro atoms. The highest BCUT2D eigenvalue weighted by Gasteiger charge is 2.23. The lowest BCUT2D eigenvalue weighted by molar-refractivity contribution is 0.979. The molecule has 12 rings (SSSR count). The second kappa shape index (κ2) is 14.7. The zero-order chi connectivity index (χ0) is 41.0. The smallest absolute Gasteiger partial charge is 0.160 e. The first-order chi connectivity index (χ1) is 30.7. The number of rotatable bonds is 7. The molecule has 4 aromatic heterocycles.